The standard InChI is InChI=1S/C17H16N4O9S3.CHNO/c1-19-10-2-3-14(13(18)6-10)20-21-15-8-12-9(5-17(15)33(26,27)28)4-11(31-30-29-22)7-16(12)32(23,24)25;2-1-3/h2-8,19,22H,18H2,1H3,(H,23,24,25)(H,26,27,28);2H. The van der Waals surface area contributed by atoms with E-state index in [0.717, 1.165) is 24.3 Å². The van der Waals surface area contributed by atoms with E-state index in [1.54, 1.807) is 19.2 Å². The minimum absolute atomic E-state index is 0.0113. The smallest absolute Gasteiger partial charge is 0.296 e. The van der Waals surface area contributed by atoms with Gasteiger partial charge in [0.15, 0.2) is 0 Å². The second-order valence-electron chi connectivity index (χ2n) is 6.46. The molecule has 0 aromatic heterocycles. The summed E-state index contributed by atoms with van der Waals surface area (Å²) in [5, 5.41) is 27.6. The Morgan fingerprint density at radius 2 is 1.61 bits per heavy atom. The normalized spacial score (nSPS) is 11.7. The molecule has 36 heavy (non-hydrogen) atoms. The number of benzene rings is 3. The summed E-state index contributed by atoms with van der Waals surface area (Å²) in [7, 11) is -7.96. The largest absolute Gasteiger partial charge is 0.397 e. The number of nitrogen functional groups attached to an aromatic ring is 1. The summed E-state index contributed by atoms with van der Waals surface area (Å²) in [5.74, 6) is 0. The molecule has 0 aliphatic rings. The van der Waals surface area contributed by atoms with Crippen molar-refractivity contribution in [3.8, 4) is 0 Å². The van der Waals surface area contributed by atoms with Gasteiger partial charge in [-0.05, 0) is 47.9 Å². The number of hydrogen-bond acceptors (Lipinski definition) is 14. The number of carbonyl (C=O) groups excluding carboxylic acids is 1. The molecule has 192 valence electrons. The zero-order chi connectivity index (χ0) is 27.1. The van der Waals surface area contributed by atoms with Gasteiger partial charge in [0.1, 0.15) is 21.2 Å². The fraction of sp³-hybridized carbons (Fsp3) is 0.0556. The topological polar surface area (TPSA) is 251 Å². The third-order valence-corrected chi connectivity index (χ3v) is 6.60. The van der Waals surface area contributed by atoms with E-state index in [2.05, 4.69) is 24.9 Å². The van der Waals surface area contributed by atoms with Crippen LogP contribution in [0.1, 0.15) is 0 Å². The lowest BCUT2D eigenvalue weighted by molar-refractivity contribution is -0.432. The lowest BCUT2D eigenvalue weighted by Gasteiger charge is -2.10. The fourth-order valence-electron chi connectivity index (χ4n) is 2.83. The lowest BCUT2D eigenvalue weighted by Crippen LogP contribution is -2.02. The third kappa shape index (κ3) is 7.28. The quantitative estimate of drug-likeness (QED) is 0.0337. The van der Waals surface area contributed by atoms with Crippen LogP contribution in [-0.4, -0.2) is 44.3 Å². The molecule has 15 nitrogen and oxygen atoms in total. The summed E-state index contributed by atoms with van der Waals surface area (Å²) in [6.45, 7) is 0. The first-order valence-corrected chi connectivity index (χ1v) is 12.7. The van der Waals surface area contributed by atoms with Gasteiger partial charge in [0.25, 0.3) is 20.2 Å². The van der Waals surface area contributed by atoms with Gasteiger partial charge >= 0.3 is 0 Å². The van der Waals surface area contributed by atoms with Crippen LogP contribution in [-0.2, 0) is 34.4 Å². The van der Waals surface area contributed by atoms with Crippen LogP contribution in [0.15, 0.2) is 67.4 Å². The SMILES string of the molecule is CNc1ccc(N=Nc2cc3c(S(=O)(=O)O)cc(SOOO)cc3cc2S(=O)(=O)O)c(N)c1.N=C=O. The van der Waals surface area contributed by atoms with Gasteiger partial charge in [0.05, 0.1) is 17.7 Å². The monoisotopic (exact) mass is 559 g/mol. The van der Waals surface area contributed by atoms with E-state index < -0.39 is 35.7 Å². The number of nitrogens with zero attached hydrogens (tertiary/aromatic N) is 2. The maximum Gasteiger partial charge on any atom is 0.296 e. The predicted molar refractivity (Wildman–Crippen MR) is 127 cm³/mol. The number of isocyanates is 1. The van der Waals surface area contributed by atoms with Gasteiger partial charge in [0, 0.05) is 23.0 Å². The van der Waals surface area contributed by atoms with Crippen molar-refractivity contribution in [3.05, 3.63) is 42.5 Å². The van der Waals surface area contributed by atoms with Crippen LogP contribution in [0.25, 0.3) is 10.8 Å². The number of anilines is 2. The Morgan fingerprint density at radius 1 is 1.00 bits per heavy atom. The zero-order valence-corrected chi connectivity index (χ0v) is 20.4. The van der Waals surface area contributed by atoms with E-state index in [0.29, 0.717) is 17.7 Å². The van der Waals surface area contributed by atoms with E-state index >= 15 is 0 Å². The van der Waals surface area contributed by atoms with Crippen molar-refractivity contribution < 1.29 is 45.4 Å². The van der Waals surface area contributed by atoms with Gasteiger partial charge in [-0.1, -0.05) is 5.04 Å². The van der Waals surface area contributed by atoms with E-state index in [-0.39, 0.29) is 27.0 Å². The van der Waals surface area contributed by atoms with Crippen LogP contribution < -0.4 is 11.1 Å². The van der Waals surface area contributed by atoms with Gasteiger partial charge in [-0.25, -0.2) is 15.5 Å². The molecule has 0 aliphatic carbocycles. The number of nitrogens with two attached hydrogens (primary N) is 1. The molecule has 0 fully saturated rings. The molecule has 0 saturated carbocycles. The number of fused-ring (bicyclic) bond motifs is 1. The molecule has 0 unspecified atom stereocenters. The van der Waals surface area contributed by atoms with Crippen LogP contribution in [0.3, 0.4) is 0 Å². The highest BCUT2D eigenvalue weighted by atomic mass is 32.2. The molecule has 0 bridgehead atoms. The lowest BCUT2D eigenvalue weighted by atomic mass is 10.1. The maximum absolute atomic E-state index is 12.0. The van der Waals surface area contributed by atoms with Crippen molar-refractivity contribution in [3.63, 3.8) is 0 Å². The first-order valence-electron chi connectivity index (χ1n) is 9.10. The Kier molecular flexibility index (Phi) is 9.59. The minimum Gasteiger partial charge on any atom is -0.397 e. The van der Waals surface area contributed by atoms with Crippen LogP contribution in [0.4, 0.5) is 22.7 Å². The molecule has 7 N–H and O–H groups in total. The molecule has 0 radical (unpaired) electrons. The van der Waals surface area contributed by atoms with Gasteiger partial charge in [-0.15, -0.1) is 14.6 Å². The number of azo groups is 1. The average molecular weight is 560 g/mol. The third-order valence-electron chi connectivity index (χ3n) is 4.27. The number of hydrogen-bond donors (Lipinski definition) is 6. The van der Waals surface area contributed by atoms with Crippen LogP contribution in [0, 0.1) is 5.41 Å². The maximum atomic E-state index is 12.0. The molecule has 3 aromatic rings. The Hall–Kier alpha value is -3.45. The van der Waals surface area contributed by atoms with Crippen LogP contribution >= 0.6 is 12.0 Å². The molecule has 0 heterocycles. The van der Waals surface area contributed by atoms with Crippen molar-refractivity contribution >= 4 is 71.9 Å². The summed E-state index contributed by atoms with van der Waals surface area (Å²) < 4.78 is 71.4. The highest BCUT2D eigenvalue weighted by Gasteiger charge is 2.22. The van der Waals surface area contributed by atoms with Gasteiger partial charge in [-0.2, -0.15) is 16.8 Å². The Bertz CT molecular complexity index is 1550. The number of rotatable bonds is 8. The van der Waals surface area contributed by atoms with E-state index in [4.69, 9.17) is 21.2 Å². The van der Waals surface area contributed by atoms with Gasteiger partial charge in [0.2, 0.25) is 6.08 Å². The summed E-state index contributed by atoms with van der Waals surface area (Å²) in [6.07, 6.45) is 0.750. The molecule has 18 heteroatoms. The highest BCUT2D eigenvalue weighted by Crippen LogP contribution is 2.37. The average Bonchev–Trinajstić information content (AvgIpc) is 2.80. The molecular weight excluding hydrogens is 542 g/mol. The molecule has 3 rings (SSSR count). The molecule has 3 aromatic carbocycles. The second kappa shape index (κ2) is 12.0. The van der Waals surface area contributed by atoms with Crippen LogP contribution in [0.5, 0.6) is 0 Å². The molecule has 0 spiro atoms. The second-order valence-corrected chi connectivity index (χ2v) is 10.0. The van der Waals surface area contributed by atoms with E-state index in [1.807, 2.05) is 0 Å². The Balaban J connectivity index is 0.00000145. The molecule has 0 atom stereocenters. The fourth-order valence-corrected chi connectivity index (χ4v) is 4.72. The van der Waals surface area contributed by atoms with Crippen molar-refractivity contribution in [2.75, 3.05) is 18.1 Å². The van der Waals surface area contributed by atoms with Crippen molar-refractivity contribution in [1.29, 1.82) is 5.41 Å². The number of nitrogens with one attached hydrogen (secondary N) is 2. The molecule has 0 saturated heterocycles. The van der Waals surface area contributed by atoms with Crippen molar-refractivity contribution in [1.82, 2.24) is 0 Å². The minimum atomic E-state index is -4.84. The van der Waals surface area contributed by atoms with Gasteiger partial charge < -0.3 is 11.1 Å². The molecule has 0 amide bonds. The van der Waals surface area contributed by atoms with Gasteiger partial charge in [-0.3, -0.25) is 9.11 Å². The van der Waals surface area contributed by atoms with E-state index in [9.17, 15) is 25.9 Å². The van der Waals surface area contributed by atoms with Crippen molar-refractivity contribution in [2.24, 2.45) is 10.2 Å². The first-order chi connectivity index (χ1) is 16.8. The predicted octanol–water partition coefficient (Wildman–Crippen LogP) is 3.70. The Morgan fingerprint density at radius 3 is 2.14 bits per heavy atom. The van der Waals surface area contributed by atoms with Crippen LogP contribution in [0.2, 0.25) is 0 Å². The zero-order valence-electron chi connectivity index (χ0n) is 17.9. The van der Waals surface area contributed by atoms with Crippen molar-refractivity contribution in [2.45, 2.75) is 14.7 Å². The van der Waals surface area contributed by atoms with E-state index in [1.165, 1.54) is 12.1 Å². The summed E-state index contributed by atoms with van der Waals surface area (Å²) in [4.78, 5) is 7.05. The molecule has 0 aliphatic heterocycles. The summed E-state index contributed by atoms with van der Waals surface area (Å²) in [6, 6.07) is 8.91. The highest BCUT2D eigenvalue weighted by molar-refractivity contribution is 7.94. The first kappa shape index (κ1) is 28.8. The Labute approximate surface area is 208 Å². The summed E-state index contributed by atoms with van der Waals surface area (Å²) >= 11 is 0.374. The summed E-state index contributed by atoms with van der Waals surface area (Å²) in [5.41, 5.74) is 6.57. The molecular formula is C18H17N5O10S3.